The highest BCUT2D eigenvalue weighted by Crippen LogP contribution is 2.38. The van der Waals surface area contributed by atoms with E-state index in [1.54, 1.807) is 0 Å². The zero-order valence-corrected chi connectivity index (χ0v) is 37.3. The highest BCUT2D eigenvalue weighted by Gasteiger charge is 2.20. The standard InChI is InChI=1S/C46H86NO7P/c1-6-8-10-12-14-16-18-20-22-24-25-27-29-31-33-35-37-39-46(48)54-45(44-53-55(49,50)52-42-40-47(3,4)5)43-51-41-38-36-34-32-30-28-26-23-21-19-17-15-13-11-9-7-2/h14,16,20,22,25,27,31,33,45H,6-13,15,17-19,21,23-24,26,28-30,32,34-44H2,1-5H3/b16-14-,22-20-,27-25-,33-31-. The van der Waals surface area contributed by atoms with Crippen molar-refractivity contribution in [3.05, 3.63) is 48.6 Å². The average molecular weight is 796 g/mol. The molecule has 0 aliphatic rings. The monoisotopic (exact) mass is 796 g/mol. The summed E-state index contributed by atoms with van der Waals surface area (Å²) in [7, 11) is 1.32. The quantitative estimate of drug-likeness (QED) is 0.0200. The van der Waals surface area contributed by atoms with Crippen molar-refractivity contribution < 1.29 is 37.3 Å². The maximum atomic E-state index is 12.7. The fraction of sp³-hybridized carbons (Fsp3) is 0.804. The van der Waals surface area contributed by atoms with Crippen LogP contribution in [0.5, 0.6) is 0 Å². The van der Waals surface area contributed by atoms with Gasteiger partial charge in [-0.05, 0) is 51.4 Å². The number of phosphoric ester groups is 1. The molecular formula is C46H86NO7P. The van der Waals surface area contributed by atoms with Crippen LogP contribution in [0.25, 0.3) is 0 Å². The smallest absolute Gasteiger partial charge is 0.306 e. The largest absolute Gasteiger partial charge is 0.756 e. The van der Waals surface area contributed by atoms with Gasteiger partial charge in [-0.25, -0.2) is 0 Å². The first-order valence-electron chi connectivity index (χ1n) is 22.4. The predicted octanol–water partition coefficient (Wildman–Crippen LogP) is 12.5. The van der Waals surface area contributed by atoms with Gasteiger partial charge in [-0.15, -0.1) is 0 Å². The van der Waals surface area contributed by atoms with Crippen LogP contribution >= 0.6 is 7.82 Å². The summed E-state index contributed by atoms with van der Waals surface area (Å²) in [5.41, 5.74) is 0. The van der Waals surface area contributed by atoms with E-state index in [-0.39, 0.29) is 32.2 Å². The van der Waals surface area contributed by atoms with E-state index in [1.807, 2.05) is 21.1 Å². The zero-order chi connectivity index (χ0) is 40.6. The van der Waals surface area contributed by atoms with E-state index in [9.17, 15) is 14.3 Å². The number of hydrogen-bond donors (Lipinski definition) is 0. The number of likely N-dealkylation sites (N-methyl/N-ethyl adjacent to an activating group) is 1. The summed E-state index contributed by atoms with van der Waals surface area (Å²) in [5, 5.41) is 0. The van der Waals surface area contributed by atoms with Gasteiger partial charge in [0.25, 0.3) is 7.82 Å². The molecule has 0 rings (SSSR count). The number of nitrogens with zero attached hydrogens (tertiary/aromatic N) is 1. The van der Waals surface area contributed by atoms with Crippen LogP contribution in [-0.4, -0.2) is 70.7 Å². The van der Waals surface area contributed by atoms with Crippen LogP contribution in [0.15, 0.2) is 48.6 Å². The molecule has 0 saturated carbocycles. The van der Waals surface area contributed by atoms with Gasteiger partial charge in [-0.3, -0.25) is 9.36 Å². The molecule has 0 aliphatic carbocycles. The Morgan fingerprint density at radius 1 is 0.564 bits per heavy atom. The van der Waals surface area contributed by atoms with E-state index in [0.29, 0.717) is 24.1 Å². The summed E-state index contributed by atoms with van der Waals surface area (Å²) in [4.78, 5) is 25.0. The molecule has 0 aromatic heterocycles. The molecule has 55 heavy (non-hydrogen) atoms. The van der Waals surface area contributed by atoms with Crippen molar-refractivity contribution in [2.75, 3.05) is 54.1 Å². The topological polar surface area (TPSA) is 94.1 Å². The van der Waals surface area contributed by atoms with Gasteiger partial charge in [0, 0.05) is 13.0 Å². The van der Waals surface area contributed by atoms with E-state index in [4.69, 9.17) is 18.5 Å². The number of carbonyl (C=O) groups is 1. The van der Waals surface area contributed by atoms with E-state index in [2.05, 4.69) is 62.5 Å². The summed E-state index contributed by atoms with van der Waals surface area (Å²) >= 11 is 0. The second-order valence-corrected chi connectivity index (χ2v) is 17.5. The van der Waals surface area contributed by atoms with E-state index < -0.39 is 13.9 Å². The van der Waals surface area contributed by atoms with E-state index in [1.165, 1.54) is 116 Å². The molecule has 2 atom stereocenters. The SMILES string of the molecule is CCCCC/C=C\C/C=C\C/C=C\C/C=C\CCCC(=O)OC(COCCCCCCCCCCCCCCCCCC)COP(=O)([O-])OCC[N+](C)(C)C. The van der Waals surface area contributed by atoms with E-state index >= 15 is 0 Å². The van der Waals surface area contributed by atoms with Crippen molar-refractivity contribution in [2.45, 2.75) is 187 Å². The number of hydrogen-bond acceptors (Lipinski definition) is 7. The minimum absolute atomic E-state index is 0.0158. The third-order valence-corrected chi connectivity index (χ3v) is 10.3. The average Bonchev–Trinajstić information content (AvgIpc) is 3.13. The Bertz CT molecular complexity index is 1020. The fourth-order valence-corrected chi connectivity index (χ4v) is 6.62. The maximum absolute atomic E-state index is 12.7. The summed E-state index contributed by atoms with van der Waals surface area (Å²) in [6.07, 6.45) is 47.0. The second kappa shape index (κ2) is 39.3. The number of unbranched alkanes of at least 4 members (excludes halogenated alkanes) is 19. The summed E-state index contributed by atoms with van der Waals surface area (Å²) in [5.74, 6) is -0.387. The van der Waals surface area contributed by atoms with E-state index in [0.717, 1.165) is 38.5 Å². The third kappa shape index (κ3) is 43.4. The molecule has 0 radical (unpaired) electrons. The van der Waals surface area contributed by atoms with Crippen LogP contribution in [0.2, 0.25) is 0 Å². The Morgan fingerprint density at radius 2 is 1.00 bits per heavy atom. The minimum Gasteiger partial charge on any atom is -0.756 e. The lowest BCUT2D eigenvalue weighted by Crippen LogP contribution is -2.37. The Kier molecular flexibility index (Phi) is 38.2. The molecule has 0 saturated heterocycles. The molecule has 0 amide bonds. The van der Waals surface area contributed by atoms with Crippen molar-refractivity contribution in [2.24, 2.45) is 0 Å². The van der Waals surface area contributed by atoms with Gasteiger partial charge in [-0.1, -0.05) is 172 Å². The first kappa shape index (κ1) is 53.5. The number of quaternary nitrogens is 1. The first-order chi connectivity index (χ1) is 26.6. The Labute approximate surface area is 339 Å². The van der Waals surface area contributed by atoms with Crippen LogP contribution in [0.1, 0.15) is 181 Å². The normalized spacial score (nSPS) is 14.2. The van der Waals surface area contributed by atoms with Crippen LogP contribution in [0.3, 0.4) is 0 Å². The molecule has 0 aromatic carbocycles. The number of phosphoric acid groups is 1. The Balaban J connectivity index is 4.32. The van der Waals surface area contributed by atoms with Crippen molar-refractivity contribution in [1.82, 2.24) is 0 Å². The molecule has 2 unspecified atom stereocenters. The van der Waals surface area contributed by atoms with Gasteiger partial charge in [-0.2, -0.15) is 0 Å². The minimum atomic E-state index is -4.54. The van der Waals surface area contributed by atoms with Crippen molar-refractivity contribution in [3.63, 3.8) is 0 Å². The van der Waals surface area contributed by atoms with Crippen LogP contribution in [0, 0.1) is 0 Å². The summed E-state index contributed by atoms with van der Waals surface area (Å²) < 4.78 is 34.5. The van der Waals surface area contributed by atoms with Crippen LogP contribution in [0.4, 0.5) is 0 Å². The Morgan fingerprint density at radius 3 is 1.49 bits per heavy atom. The molecule has 0 aromatic rings. The summed E-state index contributed by atoms with van der Waals surface area (Å²) in [6.45, 7) is 5.32. The number of ether oxygens (including phenoxy) is 2. The molecule has 0 N–H and O–H groups in total. The first-order valence-corrected chi connectivity index (χ1v) is 23.8. The Hall–Kier alpha value is -1.54. The molecule has 8 nitrogen and oxygen atoms in total. The maximum Gasteiger partial charge on any atom is 0.306 e. The van der Waals surface area contributed by atoms with Crippen molar-refractivity contribution in [1.29, 1.82) is 0 Å². The molecule has 0 bridgehead atoms. The number of carbonyl (C=O) groups excluding carboxylic acids is 1. The van der Waals surface area contributed by atoms with Gasteiger partial charge >= 0.3 is 5.97 Å². The molecule has 322 valence electrons. The van der Waals surface area contributed by atoms with Crippen LogP contribution in [-0.2, 0) is 27.9 Å². The zero-order valence-electron chi connectivity index (χ0n) is 36.4. The molecule has 9 heteroatoms. The number of rotatable bonds is 41. The third-order valence-electron chi connectivity index (χ3n) is 9.38. The highest BCUT2D eigenvalue weighted by atomic mass is 31.2. The molecule has 0 spiro atoms. The second-order valence-electron chi connectivity index (χ2n) is 16.1. The van der Waals surface area contributed by atoms with Crippen molar-refractivity contribution in [3.8, 4) is 0 Å². The van der Waals surface area contributed by atoms with Crippen molar-refractivity contribution >= 4 is 13.8 Å². The predicted molar refractivity (Wildman–Crippen MR) is 231 cm³/mol. The molecule has 0 aliphatic heterocycles. The highest BCUT2D eigenvalue weighted by molar-refractivity contribution is 7.45. The van der Waals surface area contributed by atoms with Gasteiger partial charge in [0.05, 0.1) is 34.4 Å². The molecule has 0 fully saturated rings. The van der Waals surface area contributed by atoms with Gasteiger partial charge in [0.2, 0.25) is 0 Å². The molecular weight excluding hydrogens is 709 g/mol. The lowest BCUT2D eigenvalue weighted by molar-refractivity contribution is -0.870. The summed E-state index contributed by atoms with van der Waals surface area (Å²) in [6, 6.07) is 0. The molecule has 0 heterocycles. The van der Waals surface area contributed by atoms with Crippen LogP contribution < -0.4 is 4.89 Å². The van der Waals surface area contributed by atoms with Gasteiger partial charge in [0.1, 0.15) is 19.3 Å². The van der Waals surface area contributed by atoms with Gasteiger partial charge in [0.15, 0.2) is 0 Å². The lowest BCUT2D eigenvalue weighted by atomic mass is 10.0. The number of esters is 1. The number of allylic oxidation sites excluding steroid dienone is 8. The van der Waals surface area contributed by atoms with Gasteiger partial charge < -0.3 is 27.9 Å². The lowest BCUT2D eigenvalue weighted by Gasteiger charge is -2.28. The fourth-order valence-electron chi connectivity index (χ4n) is 5.89.